The number of aryl methyl sites for hydroxylation is 1. The molecule has 15 heavy (non-hydrogen) atoms. The first-order valence-corrected chi connectivity index (χ1v) is 5.26. The highest BCUT2D eigenvalue weighted by Gasteiger charge is 2.15. The number of nitrogens with zero attached hydrogens (tertiary/aromatic N) is 1. The van der Waals surface area contributed by atoms with Crippen molar-refractivity contribution < 1.29 is 9.53 Å². The van der Waals surface area contributed by atoms with Crippen LogP contribution in [0.4, 0.5) is 0 Å². The molecule has 0 atom stereocenters. The van der Waals surface area contributed by atoms with Crippen LogP contribution in [0.5, 0.6) is 0 Å². The van der Waals surface area contributed by atoms with Crippen LogP contribution < -0.4 is 0 Å². The van der Waals surface area contributed by atoms with Gasteiger partial charge in [0.25, 0.3) is 0 Å². The third-order valence-corrected chi connectivity index (χ3v) is 3.00. The van der Waals surface area contributed by atoms with Crippen LogP contribution in [0.25, 0.3) is 10.9 Å². The highest BCUT2D eigenvalue weighted by Crippen LogP contribution is 2.27. The summed E-state index contributed by atoms with van der Waals surface area (Å²) in [5.74, 6) is -0.307. The second-order valence-corrected chi connectivity index (χ2v) is 4.14. The predicted molar refractivity (Wildman–Crippen MR) is 62.0 cm³/mol. The highest BCUT2D eigenvalue weighted by atomic mass is 79.9. The van der Waals surface area contributed by atoms with Crippen LogP contribution in [0.3, 0.4) is 0 Å². The molecular weight excluding hydrogens is 258 g/mol. The Morgan fingerprint density at radius 2 is 2.20 bits per heavy atom. The number of aromatic nitrogens is 1. The Bertz CT molecular complexity index is 531. The Balaban J connectivity index is 2.79. The van der Waals surface area contributed by atoms with Gasteiger partial charge >= 0.3 is 5.97 Å². The summed E-state index contributed by atoms with van der Waals surface area (Å²) in [6.45, 7) is 0. The standard InChI is InChI=1S/C11H10BrNO2/c1-13-6-8(11(14)15-2)7-4-3-5-9(12)10(7)13/h3-6H,1-2H3. The summed E-state index contributed by atoms with van der Waals surface area (Å²) < 4.78 is 7.61. The van der Waals surface area contributed by atoms with Gasteiger partial charge in [-0.3, -0.25) is 0 Å². The molecule has 0 N–H and O–H groups in total. The third-order valence-electron chi connectivity index (χ3n) is 2.36. The van der Waals surface area contributed by atoms with Crippen LogP contribution in [0.15, 0.2) is 28.9 Å². The molecule has 0 radical (unpaired) electrons. The lowest BCUT2D eigenvalue weighted by Crippen LogP contribution is -1.99. The van der Waals surface area contributed by atoms with Crippen molar-refractivity contribution in [3.8, 4) is 0 Å². The Morgan fingerprint density at radius 3 is 2.87 bits per heavy atom. The smallest absolute Gasteiger partial charge is 0.340 e. The van der Waals surface area contributed by atoms with Gasteiger partial charge in [-0.05, 0) is 22.0 Å². The highest BCUT2D eigenvalue weighted by molar-refractivity contribution is 9.10. The fourth-order valence-electron chi connectivity index (χ4n) is 1.69. The lowest BCUT2D eigenvalue weighted by Gasteiger charge is -1.98. The summed E-state index contributed by atoms with van der Waals surface area (Å²) in [7, 11) is 3.29. The Labute approximate surface area is 95.8 Å². The molecule has 0 saturated heterocycles. The number of para-hydroxylation sites is 1. The van der Waals surface area contributed by atoms with Gasteiger partial charge in [-0.15, -0.1) is 0 Å². The summed E-state index contributed by atoms with van der Waals surface area (Å²) in [4.78, 5) is 11.5. The Morgan fingerprint density at radius 1 is 1.47 bits per heavy atom. The second-order valence-electron chi connectivity index (χ2n) is 3.28. The first-order chi connectivity index (χ1) is 7.15. The van der Waals surface area contributed by atoms with Gasteiger partial charge in [-0.25, -0.2) is 4.79 Å². The van der Waals surface area contributed by atoms with Gasteiger partial charge in [0.05, 0.1) is 18.2 Å². The maximum atomic E-state index is 11.5. The van der Waals surface area contributed by atoms with Crippen molar-refractivity contribution in [2.75, 3.05) is 7.11 Å². The minimum absolute atomic E-state index is 0.307. The number of hydrogen-bond donors (Lipinski definition) is 0. The predicted octanol–water partition coefficient (Wildman–Crippen LogP) is 2.73. The molecule has 2 rings (SSSR count). The number of carbonyl (C=O) groups is 1. The van der Waals surface area contributed by atoms with E-state index in [1.165, 1.54) is 7.11 Å². The van der Waals surface area contributed by atoms with Gasteiger partial charge in [0, 0.05) is 23.1 Å². The Kier molecular flexibility index (Phi) is 2.52. The van der Waals surface area contributed by atoms with E-state index in [9.17, 15) is 4.79 Å². The molecule has 1 heterocycles. The maximum absolute atomic E-state index is 11.5. The number of carbonyl (C=O) groups excluding carboxylic acids is 1. The first kappa shape index (κ1) is 10.2. The summed E-state index contributed by atoms with van der Waals surface area (Å²) in [6, 6.07) is 5.76. The minimum Gasteiger partial charge on any atom is -0.465 e. The van der Waals surface area contributed by atoms with Crippen LogP contribution in [0.1, 0.15) is 10.4 Å². The van der Waals surface area contributed by atoms with E-state index in [-0.39, 0.29) is 5.97 Å². The normalized spacial score (nSPS) is 10.6. The van der Waals surface area contributed by atoms with Crippen molar-refractivity contribution in [1.29, 1.82) is 0 Å². The molecule has 0 aliphatic heterocycles. The number of ether oxygens (including phenoxy) is 1. The number of methoxy groups -OCH3 is 1. The summed E-state index contributed by atoms with van der Waals surface area (Å²) >= 11 is 3.46. The molecule has 3 nitrogen and oxygen atoms in total. The van der Waals surface area contributed by atoms with Crippen molar-refractivity contribution in [2.45, 2.75) is 0 Å². The van der Waals surface area contributed by atoms with E-state index < -0.39 is 0 Å². The molecule has 78 valence electrons. The van der Waals surface area contributed by atoms with Gasteiger partial charge in [0.1, 0.15) is 0 Å². The summed E-state index contributed by atoms with van der Waals surface area (Å²) in [6.07, 6.45) is 1.78. The van der Waals surface area contributed by atoms with E-state index in [0.717, 1.165) is 15.4 Å². The maximum Gasteiger partial charge on any atom is 0.340 e. The fraction of sp³-hybridized carbons (Fsp3) is 0.182. The van der Waals surface area contributed by atoms with Gasteiger partial charge in [-0.1, -0.05) is 12.1 Å². The van der Waals surface area contributed by atoms with E-state index in [2.05, 4.69) is 15.9 Å². The zero-order valence-electron chi connectivity index (χ0n) is 8.45. The molecule has 0 bridgehead atoms. The molecule has 0 aliphatic carbocycles. The first-order valence-electron chi connectivity index (χ1n) is 4.47. The van der Waals surface area contributed by atoms with Gasteiger partial charge < -0.3 is 9.30 Å². The lowest BCUT2D eigenvalue weighted by atomic mass is 10.2. The van der Waals surface area contributed by atoms with Crippen LogP contribution in [0, 0.1) is 0 Å². The van der Waals surface area contributed by atoms with Crippen molar-refractivity contribution >= 4 is 32.8 Å². The number of halogens is 1. The monoisotopic (exact) mass is 267 g/mol. The van der Waals surface area contributed by atoms with Crippen LogP contribution in [0.2, 0.25) is 0 Å². The summed E-state index contributed by atoms with van der Waals surface area (Å²) in [5.41, 5.74) is 1.59. The fourth-order valence-corrected chi connectivity index (χ4v) is 2.34. The average molecular weight is 268 g/mol. The van der Waals surface area contributed by atoms with Crippen LogP contribution >= 0.6 is 15.9 Å². The average Bonchev–Trinajstić information content (AvgIpc) is 2.56. The molecule has 0 saturated carbocycles. The molecule has 1 aromatic carbocycles. The second kappa shape index (κ2) is 3.70. The number of esters is 1. The largest absolute Gasteiger partial charge is 0.465 e. The van der Waals surface area contributed by atoms with Crippen LogP contribution in [-0.2, 0) is 11.8 Å². The van der Waals surface area contributed by atoms with E-state index in [4.69, 9.17) is 4.74 Å². The summed E-state index contributed by atoms with van der Waals surface area (Å²) in [5, 5.41) is 0.902. The van der Waals surface area contributed by atoms with E-state index in [0.29, 0.717) is 5.56 Å². The van der Waals surface area contributed by atoms with Crippen molar-refractivity contribution in [1.82, 2.24) is 4.57 Å². The lowest BCUT2D eigenvalue weighted by molar-refractivity contribution is 0.0603. The van der Waals surface area contributed by atoms with Gasteiger partial charge in [-0.2, -0.15) is 0 Å². The van der Waals surface area contributed by atoms with Crippen molar-refractivity contribution in [3.05, 3.63) is 34.4 Å². The molecule has 0 fully saturated rings. The molecule has 1 aromatic heterocycles. The zero-order valence-corrected chi connectivity index (χ0v) is 10.0. The Hall–Kier alpha value is -1.29. The number of rotatable bonds is 1. The molecule has 0 amide bonds. The molecular formula is C11H10BrNO2. The SMILES string of the molecule is COC(=O)c1cn(C)c2c(Br)cccc12. The quantitative estimate of drug-likeness (QED) is 0.744. The van der Waals surface area contributed by atoms with E-state index in [1.54, 1.807) is 6.20 Å². The molecule has 4 heteroatoms. The van der Waals surface area contributed by atoms with E-state index in [1.807, 2.05) is 29.8 Å². The van der Waals surface area contributed by atoms with E-state index >= 15 is 0 Å². The van der Waals surface area contributed by atoms with Gasteiger partial charge in [0.2, 0.25) is 0 Å². The van der Waals surface area contributed by atoms with Crippen molar-refractivity contribution in [2.24, 2.45) is 7.05 Å². The topological polar surface area (TPSA) is 31.2 Å². The number of hydrogen-bond acceptors (Lipinski definition) is 2. The van der Waals surface area contributed by atoms with Gasteiger partial charge in [0.15, 0.2) is 0 Å². The van der Waals surface area contributed by atoms with Crippen molar-refractivity contribution in [3.63, 3.8) is 0 Å². The molecule has 0 spiro atoms. The molecule has 0 unspecified atom stereocenters. The van der Waals surface area contributed by atoms with Crippen LogP contribution in [-0.4, -0.2) is 17.6 Å². The molecule has 2 aromatic rings. The molecule has 0 aliphatic rings. The minimum atomic E-state index is -0.307. The number of fused-ring (bicyclic) bond motifs is 1. The number of benzene rings is 1. The third kappa shape index (κ3) is 1.55. The zero-order chi connectivity index (χ0) is 11.0.